The number of likely N-dealkylation sites (tertiary alicyclic amines) is 1. The van der Waals surface area contributed by atoms with Gasteiger partial charge < -0.3 is 4.40 Å². The van der Waals surface area contributed by atoms with E-state index in [1.165, 1.54) is 12.1 Å². The highest BCUT2D eigenvalue weighted by Crippen LogP contribution is 2.36. The van der Waals surface area contributed by atoms with Crippen LogP contribution in [0.4, 0.5) is 13.2 Å². The molecular weight excluding hydrogens is 351 g/mol. The second kappa shape index (κ2) is 7.35. The van der Waals surface area contributed by atoms with E-state index in [-0.39, 0.29) is 12.2 Å². The Labute approximate surface area is 156 Å². The van der Waals surface area contributed by atoms with Gasteiger partial charge in [-0.1, -0.05) is 18.2 Å². The van der Waals surface area contributed by atoms with Crippen LogP contribution in [0.25, 0.3) is 5.52 Å². The number of alkyl halides is 2. The van der Waals surface area contributed by atoms with Crippen LogP contribution in [0.3, 0.4) is 0 Å². The molecule has 0 radical (unpaired) electrons. The van der Waals surface area contributed by atoms with Crippen LogP contribution in [0.2, 0.25) is 0 Å². The van der Waals surface area contributed by atoms with Gasteiger partial charge in [0, 0.05) is 38.2 Å². The molecule has 6 heteroatoms. The maximum absolute atomic E-state index is 14.4. The molecule has 1 atom stereocenters. The van der Waals surface area contributed by atoms with Crippen LogP contribution < -0.4 is 0 Å². The number of benzene rings is 1. The molecule has 3 aromatic rings. The quantitative estimate of drug-likeness (QED) is 0.653. The van der Waals surface area contributed by atoms with Gasteiger partial charge in [-0.25, -0.2) is 18.2 Å². The second-order valence-electron chi connectivity index (χ2n) is 7.29. The first-order chi connectivity index (χ1) is 13.0. The number of nitrogens with zero attached hydrogens (tertiary/aromatic N) is 3. The van der Waals surface area contributed by atoms with E-state index in [2.05, 4.69) is 9.88 Å². The monoisotopic (exact) mass is 373 g/mol. The Bertz CT molecular complexity index is 904. The lowest BCUT2D eigenvalue weighted by atomic mass is 9.88. The van der Waals surface area contributed by atoms with Crippen LogP contribution >= 0.6 is 0 Å². The van der Waals surface area contributed by atoms with Crippen molar-refractivity contribution in [1.82, 2.24) is 14.3 Å². The predicted octanol–water partition coefficient (Wildman–Crippen LogP) is 4.56. The van der Waals surface area contributed by atoms with Gasteiger partial charge in [0.25, 0.3) is 5.92 Å². The first-order valence-electron chi connectivity index (χ1n) is 9.26. The minimum atomic E-state index is -2.66. The third-order valence-electron chi connectivity index (χ3n) is 5.43. The zero-order valence-electron chi connectivity index (χ0n) is 15.0. The van der Waals surface area contributed by atoms with Gasteiger partial charge in [-0.05, 0) is 42.7 Å². The number of aromatic nitrogens is 2. The third kappa shape index (κ3) is 4.00. The summed E-state index contributed by atoms with van der Waals surface area (Å²) in [5, 5.41) is 0. The normalized spacial score (nSPS) is 20.2. The molecule has 142 valence electrons. The molecule has 1 unspecified atom stereocenters. The van der Waals surface area contributed by atoms with Crippen LogP contribution in [-0.4, -0.2) is 33.3 Å². The molecule has 1 aromatic carbocycles. The van der Waals surface area contributed by atoms with Gasteiger partial charge in [-0.3, -0.25) is 4.90 Å². The lowest BCUT2D eigenvalue weighted by Crippen LogP contribution is -2.46. The molecule has 1 fully saturated rings. The zero-order chi connectivity index (χ0) is 18.9. The van der Waals surface area contributed by atoms with Crippen LogP contribution in [0, 0.1) is 11.7 Å². The molecule has 3 nitrogen and oxygen atoms in total. The number of pyridine rings is 1. The van der Waals surface area contributed by atoms with Crippen LogP contribution in [0.5, 0.6) is 0 Å². The van der Waals surface area contributed by atoms with Crippen molar-refractivity contribution in [3.05, 3.63) is 72.1 Å². The molecular formula is C21H22F3N3. The maximum atomic E-state index is 14.4. The minimum absolute atomic E-state index is 0.132. The molecule has 27 heavy (non-hydrogen) atoms. The van der Waals surface area contributed by atoms with Gasteiger partial charge in [0.05, 0.1) is 17.5 Å². The first kappa shape index (κ1) is 18.0. The number of imidazole rings is 1. The fourth-order valence-electron chi connectivity index (χ4n) is 3.82. The Balaban J connectivity index is 1.43. The highest BCUT2D eigenvalue weighted by Gasteiger charge is 2.43. The molecule has 4 rings (SSSR count). The largest absolute Gasteiger partial charge is 0.306 e. The summed E-state index contributed by atoms with van der Waals surface area (Å²) in [6.07, 6.45) is 4.48. The maximum Gasteiger partial charge on any atom is 0.253 e. The SMILES string of the molecule is Fc1ccc(CCC2CN(Cc3ncn4ccccc34)CCC2(F)F)cc1. The highest BCUT2D eigenvalue weighted by atomic mass is 19.3. The van der Waals surface area contributed by atoms with E-state index in [1.54, 1.807) is 18.5 Å². The van der Waals surface area contributed by atoms with Crippen molar-refractivity contribution < 1.29 is 13.2 Å². The van der Waals surface area contributed by atoms with Crippen molar-refractivity contribution in [1.29, 1.82) is 0 Å². The van der Waals surface area contributed by atoms with Gasteiger partial charge in [-0.2, -0.15) is 0 Å². The van der Waals surface area contributed by atoms with Gasteiger partial charge in [-0.15, -0.1) is 0 Å². The smallest absolute Gasteiger partial charge is 0.253 e. The summed E-state index contributed by atoms with van der Waals surface area (Å²) < 4.78 is 43.8. The van der Waals surface area contributed by atoms with Gasteiger partial charge >= 0.3 is 0 Å². The van der Waals surface area contributed by atoms with E-state index < -0.39 is 11.8 Å². The Kier molecular flexibility index (Phi) is 4.91. The molecule has 0 N–H and O–H groups in total. The van der Waals surface area contributed by atoms with E-state index in [1.807, 2.05) is 28.8 Å². The van der Waals surface area contributed by atoms with Crippen LogP contribution in [-0.2, 0) is 13.0 Å². The summed E-state index contributed by atoms with van der Waals surface area (Å²) in [6.45, 7) is 1.29. The Hall–Kier alpha value is -2.34. The van der Waals surface area contributed by atoms with Gasteiger partial charge in [0.15, 0.2) is 0 Å². The number of piperidine rings is 1. The van der Waals surface area contributed by atoms with E-state index in [9.17, 15) is 13.2 Å². The number of hydrogen-bond acceptors (Lipinski definition) is 2. The molecule has 0 spiro atoms. The topological polar surface area (TPSA) is 20.5 Å². The fraction of sp³-hybridized carbons (Fsp3) is 0.381. The molecule has 1 aliphatic rings. The number of fused-ring (bicyclic) bond motifs is 1. The molecule has 0 aliphatic carbocycles. The van der Waals surface area contributed by atoms with Crippen molar-refractivity contribution in [2.75, 3.05) is 13.1 Å². The molecule has 0 amide bonds. The second-order valence-corrected chi connectivity index (χ2v) is 7.29. The van der Waals surface area contributed by atoms with Crippen molar-refractivity contribution in [3.8, 4) is 0 Å². The summed E-state index contributed by atoms with van der Waals surface area (Å²) in [5.74, 6) is -3.67. The van der Waals surface area contributed by atoms with Crippen molar-refractivity contribution in [2.45, 2.75) is 31.7 Å². The molecule has 2 aromatic heterocycles. The van der Waals surface area contributed by atoms with Crippen LogP contribution in [0.15, 0.2) is 55.0 Å². The average molecular weight is 373 g/mol. The van der Waals surface area contributed by atoms with Crippen LogP contribution in [0.1, 0.15) is 24.1 Å². The molecule has 1 aliphatic heterocycles. The first-order valence-corrected chi connectivity index (χ1v) is 9.26. The van der Waals surface area contributed by atoms with Gasteiger partial charge in [0.2, 0.25) is 0 Å². The van der Waals surface area contributed by atoms with E-state index >= 15 is 0 Å². The summed E-state index contributed by atoms with van der Waals surface area (Å²) in [6, 6.07) is 12.0. The average Bonchev–Trinajstić information content (AvgIpc) is 3.06. The highest BCUT2D eigenvalue weighted by molar-refractivity contribution is 5.51. The Morgan fingerprint density at radius 3 is 2.74 bits per heavy atom. The summed E-state index contributed by atoms with van der Waals surface area (Å²) in [7, 11) is 0. The number of halogens is 3. The summed E-state index contributed by atoms with van der Waals surface area (Å²) in [4.78, 5) is 6.52. The number of rotatable bonds is 5. The number of aryl methyl sites for hydroxylation is 1. The Morgan fingerprint density at radius 2 is 1.93 bits per heavy atom. The van der Waals surface area contributed by atoms with Gasteiger partial charge in [0.1, 0.15) is 5.82 Å². The summed E-state index contributed by atoms with van der Waals surface area (Å²) >= 11 is 0. The van der Waals surface area contributed by atoms with E-state index in [4.69, 9.17) is 0 Å². The minimum Gasteiger partial charge on any atom is -0.306 e. The molecule has 3 heterocycles. The van der Waals surface area contributed by atoms with E-state index in [0.29, 0.717) is 32.5 Å². The summed E-state index contributed by atoms with van der Waals surface area (Å²) in [5.41, 5.74) is 2.82. The fourth-order valence-corrected chi connectivity index (χ4v) is 3.82. The lowest BCUT2D eigenvalue weighted by Gasteiger charge is -2.38. The van der Waals surface area contributed by atoms with Crippen molar-refractivity contribution in [3.63, 3.8) is 0 Å². The van der Waals surface area contributed by atoms with Crippen molar-refractivity contribution in [2.24, 2.45) is 5.92 Å². The molecule has 0 bridgehead atoms. The standard InChI is InChI=1S/C21H22F3N3/c22-18-8-5-16(6-9-18)4-7-17-13-26(12-10-21(17,23)24)14-19-20-3-1-2-11-27(20)15-25-19/h1-3,5-6,8-9,11,15,17H,4,7,10,12-14H2. The third-order valence-corrected chi connectivity index (χ3v) is 5.43. The molecule has 0 saturated carbocycles. The Morgan fingerprint density at radius 1 is 1.11 bits per heavy atom. The van der Waals surface area contributed by atoms with E-state index in [0.717, 1.165) is 16.8 Å². The predicted molar refractivity (Wildman–Crippen MR) is 98.2 cm³/mol. The zero-order valence-corrected chi connectivity index (χ0v) is 15.0. The van der Waals surface area contributed by atoms with Crippen molar-refractivity contribution >= 4 is 5.52 Å². The lowest BCUT2D eigenvalue weighted by molar-refractivity contribution is -0.109. The molecule has 1 saturated heterocycles. The number of hydrogen-bond donors (Lipinski definition) is 0.